The zero-order valence-electron chi connectivity index (χ0n) is 14.9. The SMILES string of the molecule is CC1(C)CN(C(=O)[C@H]2CCCN(C(=O)Nc3ccccc3)C2)C[C@@H]1O. The number of aliphatic hydroxyl groups is 1. The summed E-state index contributed by atoms with van der Waals surface area (Å²) >= 11 is 0. The number of carbonyl (C=O) groups excluding carboxylic acids is 2. The van der Waals surface area contributed by atoms with E-state index in [0.717, 1.165) is 18.5 Å². The first-order chi connectivity index (χ1) is 11.9. The number of nitrogens with zero attached hydrogens (tertiary/aromatic N) is 2. The third kappa shape index (κ3) is 3.95. The number of piperidine rings is 1. The Balaban J connectivity index is 1.59. The molecule has 6 nitrogen and oxygen atoms in total. The van der Waals surface area contributed by atoms with Crippen LogP contribution in [0.5, 0.6) is 0 Å². The molecule has 2 fully saturated rings. The standard InChI is InChI=1S/C19H27N3O3/c1-19(2)13-22(12-16(19)23)17(24)14-7-6-10-21(11-14)18(25)20-15-8-4-3-5-9-15/h3-5,8-9,14,16,23H,6-7,10-13H2,1-2H3,(H,20,25)/t14-,16-/m0/s1. The predicted molar refractivity (Wildman–Crippen MR) is 96.1 cm³/mol. The van der Waals surface area contributed by atoms with Crippen molar-refractivity contribution in [2.24, 2.45) is 11.3 Å². The van der Waals surface area contributed by atoms with Crippen LogP contribution in [-0.2, 0) is 4.79 Å². The van der Waals surface area contributed by atoms with Crippen LogP contribution in [0.2, 0.25) is 0 Å². The number of hydrogen-bond donors (Lipinski definition) is 2. The Kier molecular flexibility index (Phi) is 4.99. The van der Waals surface area contributed by atoms with E-state index >= 15 is 0 Å². The van der Waals surface area contributed by atoms with E-state index in [9.17, 15) is 14.7 Å². The van der Waals surface area contributed by atoms with E-state index in [1.807, 2.05) is 44.2 Å². The van der Waals surface area contributed by atoms with Crippen molar-refractivity contribution in [3.05, 3.63) is 30.3 Å². The Morgan fingerprint density at radius 3 is 2.52 bits per heavy atom. The summed E-state index contributed by atoms with van der Waals surface area (Å²) in [6, 6.07) is 9.18. The minimum absolute atomic E-state index is 0.0573. The highest BCUT2D eigenvalue weighted by Crippen LogP contribution is 2.31. The van der Waals surface area contributed by atoms with Crippen molar-refractivity contribution in [2.45, 2.75) is 32.8 Å². The lowest BCUT2D eigenvalue weighted by Crippen LogP contribution is -2.47. The fourth-order valence-electron chi connectivity index (χ4n) is 3.63. The lowest BCUT2D eigenvalue weighted by atomic mass is 9.90. The van der Waals surface area contributed by atoms with Gasteiger partial charge in [-0.3, -0.25) is 4.79 Å². The molecule has 136 valence electrons. The van der Waals surface area contributed by atoms with Gasteiger partial charge in [-0.2, -0.15) is 0 Å². The number of hydrogen-bond acceptors (Lipinski definition) is 3. The second kappa shape index (κ2) is 7.04. The zero-order chi connectivity index (χ0) is 18.0. The van der Waals surface area contributed by atoms with Crippen molar-refractivity contribution >= 4 is 17.6 Å². The smallest absolute Gasteiger partial charge is 0.321 e. The molecule has 1 aromatic carbocycles. The number of nitrogens with one attached hydrogen (secondary N) is 1. The second-order valence-corrected chi connectivity index (χ2v) is 7.80. The molecular formula is C19H27N3O3. The Morgan fingerprint density at radius 1 is 1.16 bits per heavy atom. The molecule has 0 spiro atoms. The molecule has 0 saturated carbocycles. The van der Waals surface area contributed by atoms with Gasteiger partial charge < -0.3 is 20.2 Å². The van der Waals surface area contributed by atoms with Crippen molar-refractivity contribution < 1.29 is 14.7 Å². The fourth-order valence-corrected chi connectivity index (χ4v) is 3.63. The number of likely N-dealkylation sites (tertiary alicyclic amines) is 2. The van der Waals surface area contributed by atoms with E-state index in [1.165, 1.54) is 0 Å². The van der Waals surface area contributed by atoms with E-state index < -0.39 is 6.10 Å². The largest absolute Gasteiger partial charge is 0.391 e. The predicted octanol–water partition coefficient (Wildman–Crippen LogP) is 2.16. The van der Waals surface area contributed by atoms with Gasteiger partial charge in [0.05, 0.1) is 12.0 Å². The molecule has 2 heterocycles. The van der Waals surface area contributed by atoms with Gasteiger partial charge in [-0.05, 0) is 25.0 Å². The Bertz CT molecular complexity index is 632. The minimum atomic E-state index is -0.488. The summed E-state index contributed by atoms with van der Waals surface area (Å²) < 4.78 is 0. The quantitative estimate of drug-likeness (QED) is 0.863. The van der Waals surface area contributed by atoms with Crippen LogP contribution < -0.4 is 5.32 Å². The van der Waals surface area contributed by atoms with E-state index in [-0.39, 0.29) is 23.3 Å². The molecular weight excluding hydrogens is 318 g/mol. The topological polar surface area (TPSA) is 72.9 Å². The van der Waals surface area contributed by atoms with Crippen molar-refractivity contribution in [1.29, 1.82) is 0 Å². The summed E-state index contributed by atoms with van der Waals surface area (Å²) in [5.74, 6) is -0.127. The maximum atomic E-state index is 12.8. The molecule has 6 heteroatoms. The van der Waals surface area contributed by atoms with Crippen LogP contribution >= 0.6 is 0 Å². The molecule has 2 aliphatic heterocycles. The van der Waals surface area contributed by atoms with Gasteiger partial charge >= 0.3 is 6.03 Å². The van der Waals surface area contributed by atoms with Gasteiger partial charge in [-0.1, -0.05) is 32.0 Å². The number of amides is 3. The Morgan fingerprint density at radius 2 is 1.88 bits per heavy atom. The molecule has 0 aliphatic carbocycles. The molecule has 3 rings (SSSR count). The van der Waals surface area contributed by atoms with Gasteiger partial charge in [-0.25, -0.2) is 4.79 Å². The first kappa shape index (κ1) is 17.7. The van der Waals surface area contributed by atoms with Crippen LogP contribution in [-0.4, -0.2) is 59.1 Å². The van der Waals surface area contributed by atoms with Crippen LogP contribution in [0.3, 0.4) is 0 Å². The molecule has 2 aliphatic rings. The summed E-state index contributed by atoms with van der Waals surface area (Å²) in [6.45, 7) is 6.01. The van der Waals surface area contributed by atoms with Gasteiger partial charge in [0.25, 0.3) is 0 Å². The molecule has 0 unspecified atom stereocenters. The Labute approximate surface area is 148 Å². The van der Waals surface area contributed by atoms with Crippen molar-refractivity contribution in [1.82, 2.24) is 9.80 Å². The summed E-state index contributed by atoms with van der Waals surface area (Å²) in [6.07, 6.45) is 1.12. The van der Waals surface area contributed by atoms with E-state index in [1.54, 1.807) is 9.80 Å². The van der Waals surface area contributed by atoms with Crippen molar-refractivity contribution in [2.75, 3.05) is 31.5 Å². The van der Waals surface area contributed by atoms with Gasteiger partial charge in [0.15, 0.2) is 0 Å². The summed E-state index contributed by atoms with van der Waals surface area (Å²) in [4.78, 5) is 28.8. The maximum Gasteiger partial charge on any atom is 0.321 e. The highest BCUT2D eigenvalue weighted by molar-refractivity contribution is 5.90. The molecule has 0 aromatic heterocycles. The normalized spacial score (nSPS) is 25.7. The lowest BCUT2D eigenvalue weighted by molar-refractivity contribution is -0.136. The lowest BCUT2D eigenvalue weighted by Gasteiger charge is -2.34. The van der Waals surface area contributed by atoms with Gasteiger partial charge in [0.2, 0.25) is 5.91 Å². The van der Waals surface area contributed by atoms with Crippen molar-refractivity contribution in [3.63, 3.8) is 0 Å². The number of carbonyl (C=O) groups is 2. The molecule has 0 radical (unpaired) electrons. The first-order valence-electron chi connectivity index (χ1n) is 8.94. The highest BCUT2D eigenvalue weighted by Gasteiger charge is 2.42. The number of rotatable bonds is 2. The number of para-hydroxylation sites is 1. The summed E-state index contributed by atoms with van der Waals surface area (Å²) in [7, 11) is 0. The molecule has 2 N–H and O–H groups in total. The van der Waals surface area contributed by atoms with Crippen LogP contribution in [0.4, 0.5) is 10.5 Å². The number of β-amino-alcohol motifs (C(OH)–C–C–N with tert-alkyl or cyclic N) is 1. The van der Waals surface area contributed by atoms with Gasteiger partial charge in [0.1, 0.15) is 0 Å². The second-order valence-electron chi connectivity index (χ2n) is 7.80. The average molecular weight is 345 g/mol. The third-order valence-electron chi connectivity index (χ3n) is 5.29. The molecule has 3 amide bonds. The van der Waals surface area contributed by atoms with Crippen LogP contribution in [0.25, 0.3) is 0 Å². The number of urea groups is 1. The van der Waals surface area contributed by atoms with E-state index in [4.69, 9.17) is 0 Å². The fraction of sp³-hybridized carbons (Fsp3) is 0.579. The minimum Gasteiger partial charge on any atom is -0.391 e. The molecule has 2 atom stereocenters. The summed E-state index contributed by atoms with van der Waals surface area (Å²) in [5, 5.41) is 13.0. The van der Waals surface area contributed by atoms with Crippen molar-refractivity contribution in [3.8, 4) is 0 Å². The third-order valence-corrected chi connectivity index (χ3v) is 5.29. The van der Waals surface area contributed by atoms with E-state index in [0.29, 0.717) is 26.2 Å². The van der Waals surface area contributed by atoms with Gasteiger partial charge in [0, 0.05) is 37.3 Å². The average Bonchev–Trinajstić information content (AvgIpc) is 2.88. The molecule has 25 heavy (non-hydrogen) atoms. The first-order valence-corrected chi connectivity index (χ1v) is 8.94. The van der Waals surface area contributed by atoms with Gasteiger partial charge in [-0.15, -0.1) is 0 Å². The van der Waals surface area contributed by atoms with Crippen LogP contribution in [0.1, 0.15) is 26.7 Å². The van der Waals surface area contributed by atoms with Crippen LogP contribution in [0.15, 0.2) is 30.3 Å². The monoisotopic (exact) mass is 345 g/mol. The highest BCUT2D eigenvalue weighted by atomic mass is 16.3. The van der Waals surface area contributed by atoms with E-state index in [2.05, 4.69) is 5.32 Å². The molecule has 0 bridgehead atoms. The number of anilines is 1. The molecule has 2 saturated heterocycles. The number of benzene rings is 1. The summed E-state index contributed by atoms with van der Waals surface area (Å²) in [5.41, 5.74) is 0.486. The zero-order valence-corrected chi connectivity index (χ0v) is 14.9. The maximum absolute atomic E-state index is 12.8. The van der Waals surface area contributed by atoms with Crippen LogP contribution in [0, 0.1) is 11.3 Å². The Hall–Kier alpha value is -2.08. The molecule has 1 aromatic rings. The number of aliphatic hydroxyl groups excluding tert-OH is 1.